The second-order valence-corrected chi connectivity index (χ2v) is 8.25. The van der Waals surface area contributed by atoms with Crippen molar-refractivity contribution in [2.75, 3.05) is 25.1 Å². The number of aromatic hydroxyl groups is 2. The molecule has 33 heavy (non-hydrogen) atoms. The Morgan fingerprint density at radius 1 is 1.18 bits per heavy atom. The van der Waals surface area contributed by atoms with Crippen molar-refractivity contribution in [3.8, 4) is 17.2 Å². The summed E-state index contributed by atoms with van der Waals surface area (Å²) in [5.74, 6) is -0.735. The first-order chi connectivity index (χ1) is 16.1. The van der Waals surface area contributed by atoms with E-state index in [1.165, 1.54) is 11.6 Å². The van der Waals surface area contributed by atoms with Gasteiger partial charge >= 0.3 is 0 Å². The number of rotatable bonds is 6. The molecule has 1 aromatic heterocycles. The summed E-state index contributed by atoms with van der Waals surface area (Å²) >= 11 is 0. The summed E-state index contributed by atoms with van der Waals surface area (Å²) in [7, 11) is 0. The number of amides is 1. The Bertz CT molecular complexity index is 1160. The predicted molar refractivity (Wildman–Crippen MR) is 121 cm³/mol. The van der Waals surface area contributed by atoms with Crippen molar-refractivity contribution in [3.05, 3.63) is 77.1 Å². The number of hydrogen-bond acceptors (Lipinski definition) is 7. The van der Waals surface area contributed by atoms with Crippen molar-refractivity contribution in [1.29, 1.82) is 0 Å². The van der Waals surface area contributed by atoms with Crippen LogP contribution in [0.5, 0.6) is 17.2 Å². The van der Waals surface area contributed by atoms with Gasteiger partial charge in [-0.15, -0.1) is 0 Å². The maximum atomic E-state index is 13.5. The van der Waals surface area contributed by atoms with Crippen molar-refractivity contribution in [2.45, 2.75) is 25.6 Å². The van der Waals surface area contributed by atoms with Crippen molar-refractivity contribution in [2.24, 2.45) is 0 Å². The van der Waals surface area contributed by atoms with Gasteiger partial charge in [-0.05, 0) is 35.7 Å². The van der Waals surface area contributed by atoms with Crippen LogP contribution in [-0.4, -0.2) is 51.8 Å². The Morgan fingerprint density at radius 3 is 2.82 bits per heavy atom. The number of phenolic OH excluding ortho intramolecular Hbond substituents is 2. The molecule has 1 amide bonds. The molecule has 8 heteroatoms. The van der Waals surface area contributed by atoms with Crippen LogP contribution in [0.15, 0.2) is 54.7 Å². The van der Waals surface area contributed by atoms with Gasteiger partial charge in [-0.3, -0.25) is 9.78 Å². The van der Waals surface area contributed by atoms with Gasteiger partial charge in [-0.2, -0.15) is 0 Å². The molecule has 2 aromatic carbocycles. The zero-order chi connectivity index (χ0) is 22.8. The number of nitrogens with one attached hydrogen (secondary N) is 1. The summed E-state index contributed by atoms with van der Waals surface area (Å²) in [6.07, 6.45) is 2.36. The Labute approximate surface area is 191 Å². The molecule has 0 unspecified atom stereocenters. The smallest absolute Gasteiger partial charge is 0.261 e. The third kappa shape index (κ3) is 4.42. The summed E-state index contributed by atoms with van der Waals surface area (Å²) in [5.41, 5.74) is 3.97. The zero-order valence-electron chi connectivity index (χ0n) is 18.0. The first kappa shape index (κ1) is 21.1. The number of pyridine rings is 1. The number of fused-ring (bicyclic) bond motifs is 1. The van der Waals surface area contributed by atoms with Crippen LogP contribution in [0.25, 0.3) is 0 Å². The van der Waals surface area contributed by atoms with Gasteiger partial charge in [-0.1, -0.05) is 18.2 Å². The molecule has 0 saturated carbocycles. The first-order valence-electron chi connectivity index (χ1n) is 10.9. The lowest BCUT2D eigenvalue weighted by atomic mass is 9.96. The van der Waals surface area contributed by atoms with E-state index in [1.807, 2.05) is 18.2 Å². The summed E-state index contributed by atoms with van der Waals surface area (Å²) in [6, 6.07) is 14.3. The average molecular weight is 447 g/mol. The van der Waals surface area contributed by atoms with Crippen molar-refractivity contribution in [1.82, 2.24) is 9.88 Å². The number of carbonyl (C=O) groups is 1. The van der Waals surface area contributed by atoms with E-state index in [0.29, 0.717) is 38.4 Å². The fourth-order valence-corrected chi connectivity index (χ4v) is 4.14. The van der Waals surface area contributed by atoms with Crippen LogP contribution in [0, 0.1) is 0 Å². The molecule has 2 aliphatic heterocycles. The molecule has 1 saturated heterocycles. The molecule has 3 N–H and O–H groups in total. The molecule has 170 valence electrons. The topological polar surface area (TPSA) is 104 Å². The molecule has 3 aromatic rings. The number of hydrogen-bond donors (Lipinski definition) is 3. The summed E-state index contributed by atoms with van der Waals surface area (Å²) in [5, 5.41) is 24.0. The summed E-state index contributed by atoms with van der Waals surface area (Å²) < 4.78 is 11.1. The van der Waals surface area contributed by atoms with Crippen molar-refractivity contribution >= 4 is 11.6 Å². The highest BCUT2D eigenvalue weighted by Crippen LogP contribution is 2.36. The lowest BCUT2D eigenvalue weighted by Crippen LogP contribution is -2.41. The van der Waals surface area contributed by atoms with Gasteiger partial charge in [0, 0.05) is 37.1 Å². The van der Waals surface area contributed by atoms with Crippen LogP contribution in [-0.2, 0) is 24.3 Å². The number of nitrogens with zero attached hydrogens (tertiary/aromatic N) is 2. The summed E-state index contributed by atoms with van der Waals surface area (Å²) in [6.45, 7) is 2.37. The minimum Gasteiger partial charge on any atom is -0.508 e. The van der Waals surface area contributed by atoms with E-state index in [2.05, 4.69) is 16.4 Å². The van der Waals surface area contributed by atoms with Crippen LogP contribution in [0.4, 0.5) is 5.69 Å². The van der Waals surface area contributed by atoms with Gasteiger partial charge in [0.05, 0.1) is 24.9 Å². The van der Waals surface area contributed by atoms with Crippen LogP contribution < -0.4 is 10.1 Å². The molecule has 0 radical (unpaired) electrons. The average Bonchev–Trinajstić information content (AvgIpc) is 2.79. The standard InChI is InChI=1S/C25H25N3O5/c29-19-10-22(30)24(23(11-19)33-15-17-5-1-2-8-26-17)25(31)28-9-7-16-4-3-6-21(20(16)12-28)27-18-13-32-14-18/h1-6,8,10-11,18,27,29-30H,7,9,12-15H2. The molecule has 0 aliphatic carbocycles. The van der Waals surface area contributed by atoms with Crippen molar-refractivity contribution < 1.29 is 24.5 Å². The molecule has 0 spiro atoms. The van der Waals surface area contributed by atoms with Gasteiger partial charge < -0.3 is 29.9 Å². The van der Waals surface area contributed by atoms with E-state index in [4.69, 9.17) is 9.47 Å². The fraction of sp³-hybridized carbons (Fsp3) is 0.280. The Morgan fingerprint density at radius 2 is 2.06 bits per heavy atom. The molecular weight excluding hydrogens is 422 g/mol. The maximum absolute atomic E-state index is 13.5. The van der Waals surface area contributed by atoms with Crippen LogP contribution in [0.3, 0.4) is 0 Å². The number of anilines is 1. The van der Waals surface area contributed by atoms with Gasteiger partial charge in [-0.25, -0.2) is 0 Å². The molecule has 3 heterocycles. The Balaban J connectivity index is 1.40. The van der Waals surface area contributed by atoms with E-state index < -0.39 is 0 Å². The van der Waals surface area contributed by atoms with Gasteiger partial charge in [0.25, 0.3) is 5.91 Å². The normalized spacial score (nSPS) is 15.5. The van der Waals surface area contributed by atoms with E-state index in [-0.39, 0.29) is 41.4 Å². The monoisotopic (exact) mass is 447 g/mol. The molecule has 5 rings (SSSR count). The van der Waals surface area contributed by atoms with Crippen LogP contribution in [0.2, 0.25) is 0 Å². The lowest BCUT2D eigenvalue weighted by molar-refractivity contribution is 0.0210. The maximum Gasteiger partial charge on any atom is 0.261 e. The minimum absolute atomic E-state index is 0.0324. The number of phenols is 2. The third-order valence-corrected chi connectivity index (χ3v) is 5.94. The van der Waals surface area contributed by atoms with Gasteiger partial charge in [0.15, 0.2) is 0 Å². The van der Waals surface area contributed by atoms with E-state index in [1.54, 1.807) is 23.2 Å². The molecule has 0 bridgehead atoms. The van der Waals surface area contributed by atoms with Crippen molar-refractivity contribution in [3.63, 3.8) is 0 Å². The minimum atomic E-state index is -0.351. The quantitative estimate of drug-likeness (QED) is 0.533. The highest BCUT2D eigenvalue weighted by Gasteiger charge is 2.29. The molecule has 1 fully saturated rings. The van der Waals surface area contributed by atoms with Gasteiger partial charge in [0.1, 0.15) is 29.4 Å². The molecule has 8 nitrogen and oxygen atoms in total. The van der Waals surface area contributed by atoms with Crippen LogP contribution >= 0.6 is 0 Å². The highest BCUT2D eigenvalue weighted by molar-refractivity contribution is 6.00. The van der Waals surface area contributed by atoms with E-state index in [0.717, 1.165) is 17.3 Å². The van der Waals surface area contributed by atoms with Gasteiger partial charge in [0.2, 0.25) is 0 Å². The number of carbonyl (C=O) groups excluding carboxylic acids is 1. The predicted octanol–water partition coefficient (Wildman–Crippen LogP) is 3.08. The van der Waals surface area contributed by atoms with Crippen LogP contribution in [0.1, 0.15) is 27.2 Å². The lowest BCUT2D eigenvalue weighted by Gasteiger charge is -2.33. The van der Waals surface area contributed by atoms with E-state index >= 15 is 0 Å². The molecular formula is C25H25N3O5. The molecule has 2 aliphatic rings. The summed E-state index contributed by atoms with van der Waals surface area (Å²) in [4.78, 5) is 19.4. The first-order valence-corrected chi connectivity index (χ1v) is 10.9. The second kappa shape index (κ2) is 8.99. The van der Waals surface area contributed by atoms with E-state index in [9.17, 15) is 15.0 Å². The number of benzene rings is 2. The Kier molecular flexibility index (Phi) is 5.75. The number of aromatic nitrogens is 1. The fourth-order valence-electron chi connectivity index (χ4n) is 4.14. The molecule has 0 atom stereocenters. The zero-order valence-corrected chi connectivity index (χ0v) is 18.0. The largest absolute Gasteiger partial charge is 0.508 e. The second-order valence-electron chi connectivity index (χ2n) is 8.25. The Hall–Kier alpha value is -3.78. The number of ether oxygens (including phenoxy) is 2. The highest BCUT2D eigenvalue weighted by atomic mass is 16.5. The third-order valence-electron chi connectivity index (χ3n) is 5.94. The SMILES string of the molecule is O=C(c1c(O)cc(O)cc1OCc1ccccn1)N1CCc2cccc(NC3COC3)c2C1.